The van der Waals surface area contributed by atoms with Crippen molar-refractivity contribution in [1.82, 2.24) is 0 Å². The van der Waals surface area contributed by atoms with Gasteiger partial charge in [-0.15, -0.1) is 0 Å². The fraction of sp³-hybridized carbons (Fsp3) is 0.318. The molecule has 1 saturated heterocycles. The highest BCUT2D eigenvalue weighted by Crippen LogP contribution is 2.43. The molecule has 0 radical (unpaired) electrons. The minimum absolute atomic E-state index is 0.0803. The third-order valence-electron chi connectivity index (χ3n) is 5.47. The number of rotatable bonds is 5. The van der Waals surface area contributed by atoms with Crippen molar-refractivity contribution in [2.75, 3.05) is 13.7 Å². The van der Waals surface area contributed by atoms with Crippen LogP contribution < -0.4 is 14.9 Å². The van der Waals surface area contributed by atoms with Gasteiger partial charge in [-0.3, -0.25) is 4.79 Å². The Kier molecular flexibility index (Phi) is 6.25. The molecule has 0 amide bonds. The monoisotopic (exact) mass is 478 g/mol. The minimum Gasteiger partial charge on any atom is -0.508 e. The average Bonchev–Trinajstić information content (AvgIpc) is 2.81. The molecule has 0 spiro atoms. The number of phenolic OH excluding ortho intramolecular Hbond substituents is 3. The van der Waals surface area contributed by atoms with E-state index < -0.39 is 71.1 Å². The first-order valence-electron chi connectivity index (χ1n) is 10.0. The summed E-state index contributed by atoms with van der Waals surface area (Å²) >= 11 is 0. The molecule has 0 saturated carbocycles. The Labute approximate surface area is 191 Å². The van der Waals surface area contributed by atoms with Gasteiger partial charge in [-0.2, -0.15) is 0 Å². The first-order chi connectivity index (χ1) is 16.2. The minimum atomic E-state index is -1.83. The van der Waals surface area contributed by atoms with Crippen LogP contribution in [0.2, 0.25) is 0 Å². The molecule has 12 heteroatoms. The van der Waals surface area contributed by atoms with Crippen LogP contribution in [0.25, 0.3) is 22.3 Å². The van der Waals surface area contributed by atoms with Crippen LogP contribution >= 0.6 is 0 Å². The van der Waals surface area contributed by atoms with E-state index in [0.717, 1.165) is 6.07 Å². The molecule has 5 atom stereocenters. The number of phenols is 3. The molecule has 1 aliphatic rings. The van der Waals surface area contributed by atoms with Crippen LogP contribution in [0, 0.1) is 0 Å². The summed E-state index contributed by atoms with van der Waals surface area (Å²) in [4.78, 5) is 13.4. The molecule has 34 heavy (non-hydrogen) atoms. The molecular weight excluding hydrogens is 456 g/mol. The van der Waals surface area contributed by atoms with Crippen LogP contribution in [0.4, 0.5) is 0 Å². The van der Waals surface area contributed by atoms with E-state index in [0.29, 0.717) is 0 Å². The molecule has 4 rings (SSSR count). The fourth-order valence-electron chi connectivity index (χ4n) is 3.68. The van der Waals surface area contributed by atoms with Crippen LogP contribution in [0.1, 0.15) is 0 Å². The SMILES string of the molecule is COc1c(O)cc2oc(-c3ccc(O)cc3)c(O[C@H]3O[C@H](CO)[C@@H](O)[C@H](O)[C@H]3O)c(=O)c2c1O. The van der Waals surface area contributed by atoms with Gasteiger partial charge in [-0.25, -0.2) is 0 Å². The van der Waals surface area contributed by atoms with Crippen LogP contribution in [0.5, 0.6) is 28.7 Å². The van der Waals surface area contributed by atoms with Crippen molar-refractivity contribution >= 4 is 11.0 Å². The molecule has 2 aromatic carbocycles. The van der Waals surface area contributed by atoms with E-state index in [-0.39, 0.29) is 22.7 Å². The van der Waals surface area contributed by atoms with E-state index >= 15 is 0 Å². The Bertz CT molecular complexity index is 1250. The lowest BCUT2D eigenvalue weighted by molar-refractivity contribution is -0.277. The van der Waals surface area contributed by atoms with Crippen molar-refractivity contribution in [3.63, 3.8) is 0 Å². The summed E-state index contributed by atoms with van der Waals surface area (Å²) in [6.45, 7) is -0.723. The van der Waals surface area contributed by atoms with Gasteiger partial charge in [-0.05, 0) is 24.3 Å². The van der Waals surface area contributed by atoms with Crippen molar-refractivity contribution in [2.24, 2.45) is 0 Å². The largest absolute Gasteiger partial charge is 0.508 e. The Morgan fingerprint density at radius 3 is 2.26 bits per heavy atom. The Morgan fingerprint density at radius 1 is 0.971 bits per heavy atom. The summed E-state index contributed by atoms with van der Waals surface area (Å²) in [5.74, 6) is -2.50. The second-order valence-corrected chi connectivity index (χ2v) is 7.60. The van der Waals surface area contributed by atoms with Crippen LogP contribution in [0.3, 0.4) is 0 Å². The molecular formula is C22H22O12. The average molecular weight is 478 g/mol. The first-order valence-corrected chi connectivity index (χ1v) is 10.0. The topological polar surface area (TPSA) is 200 Å². The van der Waals surface area contributed by atoms with E-state index in [2.05, 4.69) is 0 Å². The number of aliphatic hydroxyl groups is 4. The van der Waals surface area contributed by atoms with E-state index in [1.54, 1.807) is 0 Å². The Balaban J connectivity index is 1.93. The zero-order chi connectivity index (χ0) is 24.7. The van der Waals surface area contributed by atoms with Crippen LogP contribution in [-0.4, -0.2) is 80.2 Å². The third kappa shape index (κ3) is 3.87. The van der Waals surface area contributed by atoms with Gasteiger partial charge < -0.3 is 54.4 Å². The number of ether oxygens (including phenoxy) is 3. The summed E-state index contributed by atoms with van der Waals surface area (Å²) in [6.07, 6.45) is -8.29. The lowest BCUT2D eigenvalue weighted by Gasteiger charge is -2.39. The van der Waals surface area contributed by atoms with Crippen molar-refractivity contribution in [3.05, 3.63) is 40.6 Å². The summed E-state index contributed by atoms with van der Waals surface area (Å²) in [5.41, 5.74) is -0.951. The standard InChI is InChI=1S/C22H22O12/c1-31-20-10(25)6-11-13(15(20)27)16(28)21(19(32-11)8-2-4-9(24)5-3-8)34-22-18(30)17(29)14(26)12(7-23)33-22/h2-6,12,14,17-18,22-27,29-30H,7H2,1H3/t12-,14-,17+,18-,22-/m1/s1. The molecule has 0 unspecified atom stereocenters. The lowest BCUT2D eigenvalue weighted by atomic mass is 9.99. The number of fused-ring (bicyclic) bond motifs is 1. The predicted molar refractivity (Wildman–Crippen MR) is 114 cm³/mol. The van der Waals surface area contributed by atoms with Gasteiger partial charge in [0.1, 0.15) is 41.1 Å². The number of aliphatic hydroxyl groups excluding tert-OH is 4. The van der Waals surface area contributed by atoms with Gasteiger partial charge in [-0.1, -0.05) is 0 Å². The summed E-state index contributed by atoms with van der Waals surface area (Å²) in [6, 6.07) is 6.45. The molecule has 1 aliphatic heterocycles. The number of hydrogen-bond acceptors (Lipinski definition) is 12. The van der Waals surface area contributed by atoms with E-state index in [4.69, 9.17) is 18.6 Å². The van der Waals surface area contributed by atoms with Gasteiger partial charge >= 0.3 is 0 Å². The number of aromatic hydroxyl groups is 3. The van der Waals surface area contributed by atoms with Crippen molar-refractivity contribution in [2.45, 2.75) is 30.7 Å². The lowest BCUT2D eigenvalue weighted by Crippen LogP contribution is -2.60. The second-order valence-electron chi connectivity index (χ2n) is 7.60. The molecule has 7 N–H and O–H groups in total. The maximum atomic E-state index is 13.4. The maximum Gasteiger partial charge on any atom is 0.239 e. The Hall–Kier alpha value is -3.55. The van der Waals surface area contributed by atoms with Crippen molar-refractivity contribution in [1.29, 1.82) is 0 Å². The van der Waals surface area contributed by atoms with Crippen molar-refractivity contribution < 1.29 is 54.4 Å². The summed E-state index contributed by atoms with van der Waals surface area (Å²) in [5, 5.41) is 69.6. The highest BCUT2D eigenvalue weighted by molar-refractivity contribution is 5.91. The molecule has 2 heterocycles. The number of benzene rings is 2. The highest BCUT2D eigenvalue weighted by atomic mass is 16.7. The highest BCUT2D eigenvalue weighted by Gasteiger charge is 2.45. The molecule has 0 bridgehead atoms. The van der Waals surface area contributed by atoms with Gasteiger partial charge in [0, 0.05) is 11.6 Å². The number of methoxy groups -OCH3 is 1. The Morgan fingerprint density at radius 2 is 1.65 bits per heavy atom. The normalized spacial score (nSPS) is 24.8. The van der Waals surface area contributed by atoms with Crippen LogP contribution in [0.15, 0.2) is 39.5 Å². The molecule has 0 aliphatic carbocycles. The molecule has 3 aromatic rings. The van der Waals surface area contributed by atoms with Gasteiger partial charge in [0.25, 0.3) is 0 Å². The third-order valence-corrected chi connectivity index (χ3v) is 5.47. The number of hydrogen-bond donors (Lipinski definition) is 7. The molecule has 12 nitrogen and oxygen atoms in total. The zero-order valence-electron chi connectivity index (χ0n) is 17.7. The summed E-state index contributed by atoms with van der Waals surface area (Å²) in [7, 11) is 1.17. The van der Waals surface area contributed by atoms with Crippen LogP contribution in [-0.2, 0) is 4.74 Å². The molecule has 1 fully saturated rings. The first kappa shape index (κ1) is 23.6. The predicted octanol–water partition coefficient (Wildman–Crippen LogP) is -0.236. The van der Waals surface area contributed by atoms with E-state index in [1.807, 2.05) is 0 Å². The van der Waals surface area contributed by atoms with Gasteiger partial charge in [0.05, 0.1) is 13.7 Å². The summed E-state index contributed by atoms with van der Waals surface area (Å²) < 4.78 is 21.6. The molecule has 1 aromatic heterocycles. The smallest absolute Gasteiger partial charge is 0.239 e. The van der Waals surface area contributed by atoms with Gasteiger partial charge in [0.2, 0.25) is 23.2 Å². The van der Waals surface area contributed by atoms with Gasteiger partial charge in [0.15, 0.2) is 17.3 Å². The maximum absolute atomic E-state index is 13.4. The molecule has 182 valence electrons. The second kappa shape index (κ2) is 9.00. The van der Waals surface area contributed by atoms with E-state index in [1.165, 1.54) is 31.4 Å². The van der Waals surface area contributed by atoms with Crippen molar-refractivity contribution in [3.8, 4) is 40.1 Å². The van der Waals surface area contributed by atoms with E-state index in [9.17, 15) is 40.5 Å². The fourth-order valence-corrected chi connectivity index (χ4v) is 3.68. The zero-order valence-corrected chi connectivity index (χ0v) is 17.7. The quantitative estimate of drug-likeness (QED) is 0.254.